The molecule has 2 aromatic rings. The molecule has 10 heteroatoms. The highest BCUT2D eigenvalue weighted by molar-refractivity contribution is 7.89. The van der Waals surface area contributed by atoms with Gasteiger partial charge in [0.05, 0.1) is 18.1 Å². The number of hydrogen-bond donors (Lipinski definition) is 1. The summed E-state index contributed by atoms with van der Waals surface area (Å²) in [5, 5.41) is 10.6. The van der Waals surface area contributed by atoms with Crippen LogP contribution in [0.25, 0.3) is 11.5 Å². The molecule has 4 rings (SSSR count). The molecule has 0 bridgehead atoms. The number of rotatable bonds is 5. The molecule has 1 aliphatic carbocycles. The zero-order chi connectivity index (χ0) is 19.6. The van der Waals surface area contributed by atoms with Crippen molar-refractivity contribution in [3.63, 3.8) is 0 Å². The van der Waals surface area contributed by atoms with Crippen LogP contribution in [0.5, 0.6) is 0 Å². The lowest BCUT2D eigenvalue weighted by atomic mass is 10.2. The number of nitrogens with one attached hydrogen (secondary N) is 1. The Morgan fingerprint density at radius 3 is 2.43 bits per heavy atom. The van der Waals surface area contributed by atoms with Gasteiger partial charge < -0.3 is 14.5 Å². The molecule has 1 saturated carbocycles. The highest BCUT2D eigenvalue weighted by Crippen LogP contribution is 2.23. The molecular formula is C18H22N4O5S. The van der Waals surface area contributed by atoms with Crippen LogP contribution < -0.4 is 5.32 Å². The minimum absolute atomic E-state index is 0.0908. The highest BCUT2D eigenvalue weighted by Gasteiger charge is 2.26. The molecule has 1 saturated heterocycles. The normalized spacial score (nSPS) is 19.0. The highest BCUT2D eigenvalue weighted by atomic mass is 32.2. The Kier molecular flexibility index (Phi) is 5.42. The molecule has 0 spiro atoms. The number of carbonyl (C=O) groups excluding carboxylic acids is 1. The first-order valence-corrected chi connectivity index (χ1v) is 10.8. The van der Waals surface area contributed by atoms with Crippen LogP contribution in [0.2, 0.25) is 0 Å². The largest absolute Gasteiger partial charge is 0.412 e. The summed E-state index contributed by atoms with van der Waals surface area (Å²) >= 11 is 0. The number of nitrogens with zero attached hydrogens (tertiary/aromatic N) is 3. The van der Waals surface area contributed by atoms with Crippen molar-refractivity contribution in [3.8, 4) is 11.5 Å². The van der Waals surface area contributed by atoms with Crippen molar-refractivity contribution >= 4 is 15.9 Å². The molecule has 28 heavy (non-hydrogen) atoms. The summed E-state index contributed by atoms with van der Waals surface area (Å²) in [4.78, 5) is 12.4. The predicted molar refractivity (Wildman–Crippen MR) is 99.0 cm³/mol. The molecule has 150 valence electrons. The fraction of sp³-hybridized carbons (Fsp3) is 0.500. The molecule has 1 aromatic heterocycles. The van der Waals surface area contributed by atoms with E-state index in [1.165, 1.54) is 16.4 Å². The van der Waals surface area contributed by atoms with Crippen molar-refractivity contribution in [1.82, 2.24) is 19.8 Å². The van der Waals surface area contributed by atoms with Crippen LogP contribution in [-0.4, -0.2) is 61.2 Å². The molecule has 2 heterocycles. The molecule has 1 aromatic carbocycles. The van der Waals surface area contributed by atoms with Gasteiger partial charge >= 0.3 is 11.8 Å². The van der Waals surface area contributed by atoms with Gasteiger partial charge in [-0.05, 0) is 37.1 Å². The van der Waals surface area contributed by atoms with Crippen LogP contribution in [0.3, 0.4) is 0 Å². The van der Waals surface area contributed by atoms with E-state index in [2.05, 4.69) is 15.5 Å². The first kappa shape index (κ1) is 19.0. The Labute approximate surface area is 163 Å². The number of carbonyl (C=O) groups is 1. The molecule has 2 fully saturated rings. The number of morpholine rings is 1. The summed E-state index contributed by atoms with van der Waals surface area (Å²) in [7, 11) is -3.56. The first-order valence-electron chi connectivity index (χ1n) is 9.37. The third kappa shape index (κ3) is 3.94. The third-order valence-electron chi connectivity index (χ3n) is 5.02. The smallest absolute Gasteiger partial charge is 0.309 e. The van der Waals surface area contributed by atoms with Gasteiger partial charge in [-0.25, -0.2) is 8.42 Å². The third-order valence-corrected chi connectivity index (χ3v) is 6.93. The average Bonchev–Trinajstić information content (AvgIpc) is 3.41. The van der Waals surface area contributed by atoms with Crippen molar-refractivity contribution < 1.29 is 22.4 Å². The van der Waals surface area contributed by atoms with Crippen LogP contribution >= 0.6 is 0 Å². The van der Waals surface area contributed by atoms with E-state index in [0.717, 1.165) is 25.7 Å². The summed E-state index contributed by atoms with van der Waals surface area (Å²) < 4.78 is 37.4. The molecular weight excluding hydrogens is 384 g/mol. The van der Waals surface area contributed by atoms with E-state index < -0.39 is 10.0 Å². The maximum Gasteiger partial charge on any atom is 0.309 e. The molecule has 0 radical (unpaired) electrons. The summed E-state index contributed by atoms with van der Waals surface area (Å²) in [5.74, 6) is -0.295. The van der Waals surface area contributed by atoms with Gasteiger partial charge in [-0.3, -0.25) is 4.79 Å². The van der Waals surface area contributed by atoms with Crippen LogP contribution in [0.1, 0.15) is 36.4 Å². The number of aromatic nitrogens is 2. The quantitative estimate of drug-likeness (QED) is 0.799. The van der Waals surface area contributed by atoms with E-state index in [-0.39, 0.29) is 28.6 Å². The molecule has 0 atom stereocenters. The SMILES string of the molecule is O=C(NC1CCCC1)c1nnc(-c2ccc(S(=O)(=O)N3CCOCC3)cc2)o1. The number of amides is 1. The fourth-order valence-corrected chi connectivity index (χ4v) is 4.86. The van der Waals surface area contributed by atoms with E-state index in [0.29, 0.717) is 31.9 Å². The van der Waals surface area contributed by atoms with Gasteiger partial charge in [-0.15, -0.1) is 10.2 Å². The van der Waals surface area contributed by atoms with Crippen molar-refractivity contribution in [3.05, 3.63) is 30.2 Å². The van der Waals surface area contributed by atoms with Gasteiger partial charge in [-0.2, -0.15) is 4.31 Å². The lowest BCUT2D eigenvalue weighted by Crippen LogP contribution is -2.40. The van der Waals surface area contributed by atoms with Gasteiger partial charge in [0.1, 0.15) is 0 Å². The molecule has 9 nitrogen and oxygen atoms in total. The van der Waals surface area contributed by atoms with Crippen molar-refractivity contribution in [2.45, 2.75) is 36.6 Å². The fourth-order valence-electron chi connectivity index (χ4n) is 3.45. The van der Waals surface area contributed by atoms with Gasteiger partial charge in [0.25, 0.3) is 0 Å². The van der Waals surface area contributed by atoms with Gasteiger partial charge in [0.15, 0.2) is 0 Å². The molecule has 2 aliphatic rings. The number of hydrogen-bond acceptors (Lipinski definition) is 7. The Morgan fingerprint density at radius 1 is 1.07 bits per heavy atom. The summed E-state index contributed by atoms with van der Waals surface area (Å²) in [6, 6.07) is 6.36. The lowest BCUT2D eigenvalue weighted by Gasteiger charge is -2.26. The molecule has 0 unspecified atom stereocenters. The second-order valence-electron chi connectivity index (χ2n) is 6.91. The monoisotopic (exact) mass is 406 g/mol. The lowest BCUT2D eigenvalue weighted by molar-refractivity contribution is 0.0730. The van der Waals surface area contributed by atoms with E-state index >= 15 is 0 Å². The standard InChI is InChI=1S/C18H22N4O5S/c23-16(19-14-3-1-2-4-14)18-21-20-17(27-18)13-5-7-15(8-6-13)28(24,25)22-9-11-26-12-10-22/h5-8,14H,1-4,9-12H2,(H,19,23). The van der Waals surface area contributed by atoms with Gasteiger partial charge in [0, 0.05) is 24.7 Å². The van der Waals surface area contributed by atoms with E-state index in [1.807, 2.05) is 0 Å². The second-order valence-corrected chi connectivity index (χ2v) is 8.85. The minimum atomic E-state index is -3.56. The zero-order valence-corrected chi connectivity index (χ0v) is 16.2. The summed E-state index contributed by atoms with van der Waals surface area (Å²) in [6.07, 6.45) is 4.15. The van der Waals surface area contributed by atoms with Crippen LogP contribution in [-0.2, 0) is 14.8 Å². The predicted octanol–water partition coefficient (Wildman–Crippen LogP) is 1.43. The summed E-state index contributed by atoms with van der Waals surface area (Å²) in [6.45, 7) is 1.47. The Bertz CT molecular complexity index is 929. The first-order chi connectivity index (χ1) is 13.5. The van der Waals surface area contributed by atoms with Crippen molar-refractivity contribution in [1.29, 1.82) is 0 Å². The number of ether oxygens (including phenoxy) is 1. The second kappa shape index (κ2) is 7.98. The van der Waals surface area contributed by atoms with Crippen molar-refractivity contribution in [2.75, 3.05) is 26.3 Å². The van der Waals surface area contributed by atoms with Crippen molar-refractivity contribution in [2.24, 2.45) is 0 Å². The maximum absolute atomic E-state index is 12.7. The van der Waals surface area contributed by atoms with Crippen LogP contribution in [0.15, 0.2) is 33.6 Å². The molecule has 1 amide bonds. The Morgan fingerprint density at radius 2 is 1.75 bits per heavy atom. The number of benzene rings is 1. The van der Waals surface area contributed by atoms with Crippen LogP contribution in [0, 0.1) is 0 Å². The molecule has 1 aliphatic heterocycles. The van der Waals surface area contributed by atoms with E-state index in [4.69, 9.17) is 9.15 Å². The van der Waals surface area contributed by atoms with Crippen LogP contribution in [0.4, 0.5) is 0 Å². The van der Waals surface area contributed by atoms with E-state index in [1.54, 1.807) is 12.1 Å². The van der Waals surface area contributed by atoms with Gasteiger partial charge in [0.2, 0.25) is 15.9 Å². The summed E-state index contributed by atoms with van der Waals surface area (Å²) in [5.41, 5.74) is 0.549. The Hall–Kier alpha value is -2.30. The molecule has 1 N–H and O–H groups in total. The minimum Gasteiger partial charge on any atom is -0.412 e. The average molecular weight is 406 g/mol. The number of sulfonamides is 1. The van der Waals surface area contributed by atoms with E-state index in [9.17, 15) is 13.2 Å². The topological polar surface area (TPSA) is 115 Å². The Balaban J connectivity index is 1.47. The zero-order valence-electron chi connectivity index (χ0n) is 15.3. The van der Waals surface area contributed by atoms with Gasteiger partial charge in [-0.1, -0.05) is 12.8 Å². The maximum atomic E-state index is 12.7.